The van der Waals surface area contributed by atoms with Gasteiger partial charge in [0.1, 0.15) is 0 Å². The van der Waals surface area contributed by atoms with Gasteiger partial charge in [0.25, 0.3) is 0 Å². The third-order valence-corrected chi connectivity index (χ3v) is 6.35. The molecular formula is C14H22N2OS2. The number of nitriles is 1. The molecular weight excluding hydrogens is 276 g/mol. The lowest BCUT2D eigenvalue weighted by atomic mass is 10.0. The van der Waals surface area contributed by atoms with E-state index < -0.39 is 10.8 Å². The van der Waals surface area contributed by atoms with Gasteiger partial charge in [0.15, 0.2) is 0 Å². The highest BCUT2D eigenvalue weighted by molar-refractivity contribution is 7.90. The van der Waals surface area contributed by atoms with Crippen molar-refractivity contribution in [1.82, 2.24) is 4.90 Å². The van der Waals surface area contributed by atoms with E-state index >= 15 is 0 Å². The Morgan fingerprint density at radius 1 is 1.47 bits per heavy atom. The fourth-order valence-electron chi connectivity index (χ4n) is 2.36. The molecule has 1 saturated carbocycles. The molecule has 5 heteroatoms. The zero-order chi connectivity index (χ0) is 14.4. The lowest BCUT2D eigenvalue weighted by Crippen LogP contribution is -2.39. The van der Waals surface area contributed by atoms with Crippen molar-refractivity contribution in [1.29, 1.82) is 5.26 Å². The van der Waals surface area contributed by atoms with Crippen molar-refractivity contribution in [3.05, 3.63) is 12.2 Å². The Labute approximate surface area is 124 Å². The minimum atomic E-state index is -1.01. The summed E-state index contributed by atoms with van der Waals surface area (Å²) in [6.07, 6.45) is 5.97. The van der Waals surface area contributed by atoms with Crippen molar-refractivity contribution in [2.75, 3.05) is 14.1 Å². The van der Waals surface area contributed by atoms with Crippen molar-refractivity contribution in [3.8, 4) is 6.07 Å². The Morgan fingerprint density at radius 3 is 2.53 bits per heavy atom. The molecule has 2 atom stereocenters. The van der Waals surface area contributed by atoms with Gasteiger partial charge in [-0.2, -0.15) is 5.26 Å². The summed E-state index contributed by atoms with van der Waals surface area (Å²) in [7, 11) is 2.72. The number of rotatable bonds is 5. The van der Waals surface area contributed by atoms with Gasteiger partial charge < -0.3 is 4.90 Å². The van der Waals surface area contributed by atoms with Gasteiger partial charge in [-0.1, -0.05) is 38.1 Å². The van der Waals surface area contributed by atoms with Gasteiger partial charge in [-0.05, 0) is 12.8 Å². The lowest BCUT2D eigenvalue weighted by molar-refractivity contribution is 0.502. The van der Waals surface area contributed by atoms with E-state index in [1.54, 1.807) is 0 Å². The van der Waals surface area contributed by atoms with Crippen molar-refractivity contribution < 1.29 is 4.21 Å². The van der Waals surface area contributed by atoms with Crippen molar-refractivity contribution in [2.24, 2.45) is 0 Å². The fourth-order valence-corrected chi connectivity index (χ4v) is 4.76. The highest BCUT2D eigenvalue weighted by atomic mass is 32.2. The molecule has 0 aromatic carbocycles. The van der Waals surface area contributed by atoms with Crippen LogP contribution in [0.3, 0.4) is 0 Å². The molecule has 0 spiro atoms. The molecule has 1 aliphatic rings. The predicted octanol–water partition coefficient (Wildman–Crippen LogP) is 2.80. The first kappa shape index (κ1) is 16.3. The third kappa shape index (κ3) is 4.70. The van der Waals surface area contributed by atoms with Gasteiger partial charge in [-0.25, -0.2) is 0 Å². The summed E-state index contributed by atoms with van der Waals surface area (Å²) < 4.78 is 12.7. The molecule has 3 nitrogen and oxygen atoms in total. The second kappa shape index (κ2) is 7.76. The van der Waals surface area contributed by atoms with Gasteiger partial charge in [0.05, 0.1) is 16.3 Å². The summed E-state index contributed by atoms with van der Waals surface area (Å²) in [4.78, 5) is 2.49. The maximum Gasteiger partial charge on any atom is 0.0941 e. The van der Waals surface area contributed by atoms with Crippen LogP contribution in [-0.4, -0.2) is 38.7 Å². The minimum Gasteiger partial charge on any atom is -0.371 e. The smallest absolute Gasteiger partial charge is 0.0941 e. The Bertz CT molecular complexity index is 406. The largest absolute Gasteiger partial charge is 0.371 e. The third-order valence-electron chi connectivity index (χ3n) is 3.47. The van der Waals surface area contributed by atoms with Crippen LogP contribution >= 0.6 is 12.2 Å². The number of thiocarbonyl (C=S) groups is 1. The molecule has 0 bridgehead atoms. The molecule has 1 rings (SSSR count). The van der Waals surface area contributed by atoms with Crippen LogP contribution in [0.2, 0.25) is 0 Å². The SMILES string of the molecule is C=C(C#N)C[C@@H](C(=S)N(C)C)S(=O)C1CCCCC1. The first-order valence-corrected chi connectivity index (χ1v) is 8.34. The molecule has 0 radical (unpaired) electrons. The molecule has 0 aliphatic heterocycles. The zero-order valence-corrected chi connectivity index (χ0v) is 13.4. The standard InChI is InChI=1S/C14H22N2OS2/c1-11(10-15)9-13(14(18)16(2)3)19(17)12-7-5-4-6-8-12/h12-13H,1,4-9H2,2-3H3/t13-,19?/m0/s1. The molecule has 1 unspecified atom stereocenters. The number of hydrogen-bond donors (Lipinski definition) is 0. The van der Waals surface area contributed by atoms with E-state index in [0.29, 0.717) is 17.0 Å². The van der Waals surface area contributed by atoms with E-state index in [2.05, 4.69) is 6.58 Å². The predicted molar refractivity (Wildman–Crippen MR) is 84.5 cm³/mol. The molecule has 0 N–H and O–H groups in total. The highest BCUT2D eigenvalue weighted by Gasteiger charge is 2.30. The van der Waals surface area contributed by atoms with E-state index in [0.717, 1.165) is 25.7 Å². The van der Waals surface area contributed by atoms with Crippen LogP contribution in [0.25, 0.3) is 0 Å². The average Bonchev–Trinajstić information content (AvgIpc) is 2.43. The van der Waals surface area contributed by atoms with E-state index in [1.165, 1.54) is 6.42 Å². The van der Waals surface area contributed by atoms with Crippen LogP contribution in [0.5, 0.6) is 0 Å². The normalized spacial score (nSPS) is 19.2. The molecule has 106 valence electrons. The second-order valence-electron chi connectivity index (χ2n) is 5.23. The average molecular weight is 298 g/mol. The second-order valence-corrected chi connectivity index (χ2v) is 7.54. The quantitative estimate of drug-likeness (QED) is 0.578. The summed E-state index contributed by atoms with van der Waals surface area (Å²) in [5.74, 6) is 0. The zero-order valence-electron chi connectivity index (χ0n) is 11.7. The Morgan fingerprint density at radius 2 is 2.05 bits per heavy atom. The van der Waals surface area contributed by atoms with Crippen LogP contribution in [0.4, 0.5) is 0 Å². The van der Waals surface area contributed by atoms with Crippen LogP contribution in [-0.2, 0) is 10.8 Å². The van der Waals surface area contributed by atoms with Gasteiger partial charge in [-0.15, -0.1) is 0 Å². The van der Waals surface area contributed by atoms with Gasteiger partial charge in [-0.3, -0.25) is 4.21 Å². The van der Waals surface area contributed by atoms with Gasteiger partial charge in [0, 0.05) is 42.1 Å². The molecule has 0 saturated heterocycles. The first-order valence-electron chi connectivity index (χ1n) is 6.65. The van der Waals surface area contributed by atoms with Crippen molar-refractivity contribution in [2.45, 2.75) is 49.0 Å². The van der Waals surface area contributed by atoms with E-state index in [-0.39, 0.29) is 10.5 Å². The maximum atomic E-state index is 12.7. The molecule has 19 heavy (non-hydrogen) atoms. The summed E-state index contributed by atoms with van der Waals surface area (Å²) in [5.41, 5.74) is 0.457. The van der Waals surface area contributed by atoms with Crippen molar-refractivity contribution in [3.63, 3.8) is 0 Å². The van der Waals surface area contributed by atoms with Crippen LogP contribution in [0.1, 0.15) is 38.5 Å². The van der Waals surface area contributed by atoms with E-state index in [1.807, 2.05) is 25.1 Å². The van der Waals surface area contributed by atoms with Crippen LogP contribution < -0.4 is 0 Å². The van der Waals surface area contributed by atoms with Gasteiger partial charge in [0.2, 0.25) is 0 Å². The summed E-state index contributed by atoms with van der Waals surface area (Å²) in [6.45, 7) is 3.71. The molecule has 0 amide bonds. The molecule has 1 aliphatic carbocycles. The molecule has 1 fully saturated rings. The highest BCUT2D eigenvalue weighted by Crippen LogP contribution is 2.26. The molecule has 0 aromatic rings. The Hall–Kier alpha value is -0.730. The molecule has 0 heterocycles. The van der Waals surface area contributed by atoms with Gasteiger partial charge >= 0.3 is 0 Å². The first-order chi connectivity index (χ1) is 8.97. The minimum absolute atomic E-state index is 0.225. The Balaban J connectivity index is 2.82. The molecule has 0 aromatic heterocycles. The maximum absolute atomic E-state index is 12.7. The monoisotopic (exact) mass is 298 g/mol. The van der Waals surface area contributed by atoms with Crippen molar-refractivity contribution >= 4 is 28.0 Å². The number of hydrogen-bond acceptors (Lipinski definition) is 3. The summed E-state index contributed by atoms with van der Waals surface area (Å²) in [6, 6.07) is 2.04. The number of allylic oxidation sites excluding steroid dienone is 1. The van der Waals surface area contributed by atoms with Crippen LogP contribution in [0, 0.1) is 11.3 Å². The lowest BCUT2D eigenvalue weighted by Gasteiger charge is -2.28. The van der Waals surface area contributed by atoms with Crippen LogP contribution in [0.15, 0.2) is 12.2 Å². The van der Waals surface area contributed by atoms with E-state index in [9.17, 15) is 4.21 Å². The summed E-state index contributed by atoms with van der Waals surface area (Å²) in [5, 5.41) is 8.87. The van der Waals surface area contributed by atoms with E-state index in [4.69, 9.17) is 17.5 Å². The fraction of sp³-hybridized carbons (Fsp3) is 0.714. The topological polar surface area (TPSA) is 44.1 Å². The Kier molecular flexibility index (Phi) is 6.67. The number of nitrogens with zero attached hydrogens (tertiary/aromatic N) is 2. The summed E-state index contributed by atoms with van der Waals surface area (Å²) >= 11 is 5.39.